The van der Waals surface area contributed by atoms with Crippen molar-refractivity contribution in [1.29, 1.82) is 5.26 Å². The average Bonchev–Trinajstić information content (AvgIpc) is 2.97. The Morgan fingerprint density at radius 3 is 2.91 bits per heavy atom. The van der Waals surface area contributed by atoms with Gasteiger partial charge in [0.1, 0.15) is 11.9 Å². The summed E-state index contributed by atoms with van der Waals surface area (Å²) >= 11 is 0. The van der Waals surface area contributed by atoms with Gasteiger partial charge in [-0.25, -0.2) is 4.98 Å². The number of anilines is 1. The first-order valence-corrected chi connectivity index (χ1v) is 6.95. The highest BCUT2D eigenvalue weighted by Gasteiger charge is 2.11. The number of hydrogen-bond donors (Lipinski definition) is 2. The minimum atomic E-state index is -0.521. The van der Waals surface area contributed by atoms with Crippen LogP contribution in [0.1, 0.15) is 17.0 Å². The van der Waals surface area contributed by atoms with E-state index in [1.54, 1.807) is 0 Å². The molecule has 0 aliphatic carbocycles. The fraction of sp³-hybridized carbons (Fsp3) is 0.125. The van der Waals surface area contributed by atoms with Gasteiger partial charge in [-0.05, 0) is 24.6 Å². The molecule has 0 saturated carbocycles. The summed E-state index contributed by atoms with van der Waals surface area (Å²) in [7, 11) is 0. The Hall–Kier alpha value is -3.40. The van der Waals surface area contributed by atoms with Gasteiger partial charge < -0.3 is 10.3 Å². The molecular formula is C16H13N5O2. The van der Waals surface area contributed by atoms with E-state index in [1.165, 1.54) is 18.2 Å². The summed E-state index contributed by atoms with van der Waals surface area (Å²) in [4.78, 5) is 18.0. The van der Waals surface area contributed by atoms with E-state index in [4.69, 9.17) is 5.26 Å². The quantitative estimate of drug-likeness (QED) is 0.568. The van der Waals surface area contributed by atoms with Crippen LogP contribution < -0.4 is 5.32 Å². The second-order valence-corrected chi connectivity index (χ2v) is 5.11. The van der Waals surface area contributed by atoms with Gasteiger partial charge in [-0.2, -0.15) is 5.26 Å². The maximum Gasteiger partial charge on any atom is 0.270 e. The van der Waals surface area contributed by atoms with Crippen molar-refractivity contribution in [3.63, 3.8) is 0 Å². The van der Waals surface area contributed by atoms with Crippen molar-refractivity contribution >= 4 is 22.4 Å². The lowest BCUT2D eigenvalue weighted by atomic mass is 10.1. The van der Waals surface area contributed by atoms with Crippen LogP contribution in [0.15, 0.2) is 36.4 Å². The third-order valence-corrected chi connectivity index (χ3v) is 3.54. The first-order valence-electron chi connectivity index (χ1n) is 6.95. The van der Waals surface area contributed by atoms with Crippen LogP contribution in [0.3, 0.4) is 0 Å². The van der Waals surface area contributed by atoms with Crippen LogP contribution in [-0.4, -0.2) is 14.9 Å². The lowest BCUT2D eigenvalue weighted by molar-refractivity contribution is -0.384. The van der Waals surface area contributed by atoms with Gasteiger partial charge in [-0.3, -0.25) is 10.1 Å². The predicted octanol–water partition coefficient (Wildman–Crippen LogP) is 3.26. The summed E-state index contributed by atoms with van der Waals surface area (Å²) in [6, 6.07) is 12.0. The molecule has 0 unspecified atom stereocenters. The third kappa shape index (κ3) is 2.82. The van der Waals surface area contributed by atoms with E-state index in [0.717, 1.165) is 22.4 Å². The first-order chi connectivity index (χ1) is 11.1. The number of aryl methyl sites for hydroxylation is 1. The molecule has 114 valence electrons. The van der Waals surface area contributed by atoms with Crippen molar-refractivity contribution in [2.24, 2.45) is 0 Å². The standard InChI is InChI=1S/C16H13N5O2/c1-10-3-2-4-14-16(10)20-15(19-14)9-18-13-6-5-12(21(22)23)7-11(13)8-17/h2-7,18H,9H2,1H3,(H,19,20). The van der Waals surface area contributed by atoms with Crippen molar-refractivity contribution in [2.45, 2.75) is 13.5 Å². The largest absolute Gasteiger partial charge is 0.377 e. The van der Waals surface area contributed by atoms with Crippen molar-refractivity contribution < 1.29 is 4.92 Å². The number of imidazole rings is 1. The molecular weight excluding hydrogens is 294 g/mol. The van der Waals surface area contributed by atoms with Gasteiger partial charge in [0.15, 0.2) is 0 Å². The van der Waals surface area contributed by atoms with Gasteiger partial charge in [-0.15, -0.1) is 0 Å². The molecule has 2 N–H and O–H groups in total. The van der Waals surface area contributed by atoms with Gasteiger partial charge in [0.2, 0.25) is 0 Å². The normalized spacial score (nSPS) is 10.4. The topological polar surface area (TPSA) is 108 Å². The molecule has 0 bridgehead atoms. The van der Waals surface area contributed by atoms with Crippen LogP contribution >= 0.6 is 0 Å². The van der Waals surface area contributed by atoms with Gasteiger partial charge in [0.25, 0.3) is 5.69 Å². The summed E-state index contributed by atoms with van der Waals surface area (Å²) in [5.41, 5.74) is 3.60. The Morgan fingerprint density at radius 1 is 1.39 bits per heavy atom. The Morgan fingerprint density at radius 2 is 2.22 bits per heavy atom. The highest BCUT2D eigenvalue weighted by atomic mass is 16.6. The Balaban J connectivity index is 1.83. The number of nitrogens with zero attached hydrogens (tertiary/aromatic N) is 3. The lowest BCUT2D eigenvalue weighted by Gasteiger charge is -2.06. The van der Waals surface area contributed by atoms with E-state index in [-0.39, 0.29) is 11.3 Å². The number of nitrogens with one attached hydrogen (secondary N) is 2. The van der Waals surface area contributed by atoms with Crippen molar-refractivity contribution in [1.82, 2.24) is 9.97 Å². The summed E-state index contributed by atoms with van der Waals surface area (Å²) in [5.74, 6) is 0.733. The third-order valence-electron chi connectivity index (χ3n) is 3.54. The number of benzene rings is 2. The van der Waals surface area contributed by atoms with Crippen LogP contribution in [-0.2, 0) is 6.54 Å². The summed E-state index contributed by atoms with van der Waals surface area (Å²) in [5, 5.41) is 23.0. The van der Waals surface area contributed by atoms with E-state index >= 15 is 0 Å². The Labute approximate surface area is 131 Å². The highest BCUT2D eigenvalue weighted by molar-refractivity contribution is 5.78. The van der Waals surface area contributed by atoms with Crippen LogP contribution in [0.5, 0.6) is 0 Å². The molecule has 0 atom stereocenters. The smallest absolute Gasteiger partial charge is 0.270 e. The fourth-order valence-corrected chi connectivity index (χ4v) is 2.38. The highest BCUT2D eigenvalue weighted by Crippen LogP contribution is 2.22. The number of para-hydroxylation sites is 1. The van der Waals surface area contributed by atoms with E-state index in [1.807, 2.05) is 31.2 Å². The Bertz CT molecular complexity index is 939. The number of non-ortho nitro benzene ring substituents is 1. The molecule has 0 fully saturated rings. The molecule has 3 rings (SSSR count). The molecule has 3 aromatic rings. The number of rotatable bonds is 4. The molecule has 0 aliphatic heterocycles. The van der Waals surface area contributed by atoms with E-state index in [2.05, 4.69) is 15.3 Å². The molecule has 0 saturated heterocycles. The maximum atomic E-state index is 10.8. The monoisotopic (exact) mass is 307 g/mol. The fourth-order valence-electron chi connectivity index (χ4n) is 2.38. The average molecular weight is 307 g/mol. The summed E-state index contributed by atoms with van der Waals surface area (Å²) < 4.78 is 0. The molecule has 7 heteroatoms. The van der Waals surface area contributed by atoms with E-state index in [9.17, 15) is 10.1 Å². The predicted molar refractivity (Wildman–Crippen MR) is 86.0 cm³/mol. The number of aromatic amines is 1. The van der Waals surface area contributed by atoms with E-state index < -0.39 is 4.92 Å². The van der Waals surface area contributed by atoms with Gasteiger partial charge in [-0.1, -0.05) is 12.1 Å². The molecule has 2 aromatic carbocycles. The van der Waals surface area contributed by atoms with Gasteiger partial charge in [0.05, 0.1) is 33.8 Å². The minimum Gasteiger partial charge on any atom is -0.377 e. The first kappa shape index (κ1) is 14.5. The molecule has 0 amide bonds. The van der Waals surface area contributed by atoms with Crippen LogP contribution in [0.4, 0.5) is 11.4 Å². The summed E-state index contributed by atoms with van der Waals surface area (Å²) in [6.45, 7) is 2.38. The zero-order chi connectivity index (χ0) is 16.4. The molecule has 1 aromatic heterocycles. The minimum absolute atomic E-state index is 0.105. The number of nitriles is 1. The molecule has 1 heterocycles. The second-order valence-electron chi connectivity index (χ2n) is 5.11. The number of aromatic nitrogens is 2. The molecule has 0 aliphatic rings. The number of nitro benzene ring substituents is 1. The Kier molecular flexibility index (Phi) is 3.65. The number of nitro groups is 1. The van der Waals surface area contributed by atoms with Gasteiger partial charge >= 0.3 is 0 Å². The van der Waals surface area contributed by atoms with E-state index in [0.29, 0.717) is 12.2 Å². The zero-order valence-electron chi connectivity index (χ0n) is 12.3. The van der Waals surface area contributed by atoms with Crippen LogP contribution in [0.25, 0.3) is 11.0 Å². The molecule has 7 nitrogen and oxygen atoms in total. The van der Waals surface area contributed by atoms with Crippen molar-refractivity contribution in [3.05, 3.63) is 63.5 Å². The van der Waals surface area contributed by atoms with Crippen LogP contribution in [0, 0.1) is 28.4 Å². The number of hydrogen-bond acceptors (Lipinski definition) is 5. The number of H-pyrrole nitrogens is 1. The van der Waals surface area contributed by atoms with Crippen molar-refractivity contribution in [2.75, 3.05) is 5.32 Å². The summed E-state index contributed by atoms with van der Waals surface area (Å²) in [6.07, 6.45) is 0. The second kappa shape index (κ2) is 5.77. The SMILES string of the molecule is Cc1cccc2[nH]c(CNc3ccc([N+](=O)[O-])cc3C#N)nc12. The molecule has 0 radical (unpaired) electrons. The van der Waals surface area contributed by atoms with Crippen molar-refractivity contribution in [3.8, 4) is 6.07 Å². The molecule has 23 heavy (non-hydrogen) atoms. The zero-order valence-corrected chi connectivity index (χ0v) is 12.3. The van der Waals surface area contributed by atoms with Gasteiger partial charge in [0, 0.05) is 12.1 Å². The lowest BCUT2D eigenvalue weighted by Crippen LogP contribution is -2.03. The van der Waals surface area contributed by atoms with Crippen LogP contribution in [0.2, 0.25) is 0 Å². The maximum absolute atomic E-state index is 10.8. The number of fused-ring (bicyclic) bond motifs is 1. The molecule has 0 spiro atoms.